The standard InChI is InChI=1S/C17H19BrIN/c1-3-11-5-6-13(9-12(11)4-2)17(20)15-10-14(18)7-8-16(15)19/h5-10,17H,3-4,20H2,1-2H3. The van der Waals surface area contributed by atoms with E-state index in [2.05, 4.69) is 88.8 Å². The highest BCUT2D eigenvalue weighted by atomic mass is 127. The minimum absolute atomic E-state index is 0.0735. The predicted octanol–water partition coefficient (Wildman–Crippen LogP) is 5.23. The van der Waals surface area contributed by atoms with Crippen molar-refractivity contribution in [3.63, 3.8) is 0 Å². The van der Waals surface area contributed by atoms with Crippen LogP contribution in [-0.4, -0.2) is 0 Å². The van der Waals surface area contributed by atoms with Gasteiger partial charge in [-0.25, -0.2) is 0 Å². The Morgan fingerprint density at radius 1 is 1.05 bits per heavy atom. The fraction of sp³-hybridized carbons (Fsp3) is 0.294. The summed E-state index contributed by atoms with van der Waals surface area (Å²) in [5, 5.41) is 0. The number of hydrogen-bond donors (Lipinski definition) is 1. The summed E-state index contributed by atoms with van der Waals surface area (Å²) in [5.74, 6) is 0. The van der Waals surface area contributed by atoms with E-state index in [-0.39, 0.29) is 6.04 Å². The van der Waals surface area contributed by atoms with Crippen LogP contribution in [0, 0.1) is 3.57 Å². The molecule has 0 saturated carbocycles. The predicted molar refractivity (Wildman–Crippen MR) is 98.1 cm³/mol. The van der Waals surface area contributed by atoms with Crippen molar-refractivity contribution in [2.24, 2.45) is 5.73 Å². The smallest absolute Gasteiger partial charge is 0.0562 e. The van der Waals surface area contributed by atoms with E-state index < -0.39 is 0 Å². The molecule has 1 atom stereocenters. The van der Waals surface area contributed by atoms with Crippen molar-refractivity contribution in [1.82, 2.24) is 0 Å². The molecule has 0 radical (unpaired) electrons. The molecule has 0 spiro atoms. The third-order valence-electron chi connectivity index (χ3n) is 3.64. The van der Waals surface area contributed by atoms with Crippen molar-refractivity contribution in [2.45, 2.75) is 32.7 Å². The first-order valence-electron chi connectivity index (χ1n) is 6.89. The van der Waals surface area contributed by atoms with Crippen LogP contribution in [0.25, 0.3) is 0 Å². The third kappa shape index (κ3) is 3.43. The van der Waals surface area contributed by atoms with Crippen molar-refractivity contribution in [1.29, 1.82) is 0 Å². The highest BCUT2D eigenvalue weighted by Crippen LogP contribution is 2.28. The van der Waals surface area contributed by atoms with E-state index in [9.17, 15) is 0 Å². The molecule has 20 heavy (non-hydrogen) atoms. The van der Waals surface area contributed by atoms with Gasteiger partial charge in [0, 0.05) is 8.04 Å². The number of hydrogen-bond acceptors (Lipinski definition) is 1. The highest BCUT2D eigenvalue weighted by molar-refractivity contribution is 14.1. The molecule has 2 N–H and O–H groups in total. The lowest BCUT2D eigenvalue weighted by Crippen LogP contribution is -2.14. The quantitative estimate of drug-likeness (QED) is 0.643. The Hall–Kier alpha value is -0.390. The van der Waals surface area contributed by atoms with Gasteiger partial charge in [-0.2, -0.15) is 0 Å². The Labute approximate surface area is 143 Å². The Bertz CT molecular complexity index is 610. The van der Waals surface area contributed by atoms with Gasteiger partial charge in [-0.3, -0.25) is 0 Å². The Balaban J connectivity index is 2.42. The lowest BCUT2D eigenvalue weighted by Gasteiger charge is -2.17. The van der Waals surface area contributed by atoms with Crippen molar-refractivity contribution >= 4 is 38.5 Å². The largest absolute Gasteiger partial charge is 0.320 e. The first-order chi connectivity index (χ1) is 9.56. The molecule has 0 aliphatic heterocycles. The molecule has 2 aromatic carbocycles. The minimum Gasteiger partial charge on any atom is -0.320 e. The summed E-state index contributed by atoms with van der Waals surface area (Å²) in [6, 6.07) is 12.8. The molecule has 2 rings (SSSR count). The zero-order valence-corrected chi connectivity index (χ0v) is 15.5. The van der Waals surface area contributed by atoms with Gasteiger partial charge < -0.3 is 5.73 Å². The first kappa shape index (κ1) is 16.0. The topological polar surface area (TPSA) is 26.0 Å². The zero-order valence-electron chi connectivity index (χ0n) is 11.8. The Kier molecular flexibility index (Phi) is 5.64. The average Bonchev–Trinajstić information content (AvgIpc) is 2.48. The SMILES string of the molecule is CCc1ccc(C(N)c2cc(Br)ccc2I)cc1CC. The normalized spacial score (nSPS) is 12.4. The van der Waals surface area contributed by atoms with E-state index in [4.69, 9.17) is 5.73 Å². The zero-order chi connectivity index (χ0) is 14.7. The maximum Gasteiger partial charge on any atom is 0.0562 e. The van der Waals surface area contributed by atoms with Crippen LogP contribution in [0.15, 0.2) is 40.9 Å². The molecule has 1 nitrogen and oxygen atoms in total. The van der Waals surface area contributed by atoms with Crippen LogP contribution in [0.4, 0.5) is 0 Å². The lowest BCUT2D eigenvalue weighted by molar-refractivity contribution is 0.856. The number of halogens is 2. The summed E-state index contributed by atoms with van der Waals surface area (Å²) < 4.78 is 2.28. The van der Waals surface area contributed by atoms with Crippen LogP contribution < -0.4 is 5.73 Å². The number of rotatable bonds is 4. The fourth-order valence-corrected chi connectivity index (χ4v) is 3.50. The minimum atomic E-state index is -0.0735. The third-order valence-corrected chi connectivity index (χ3v) is 5.12. The van der Waals surface area contributed by atoms with E-state index in [0.29, 0.717) is 0 Å². The average molecular weight is 444 g/mol. The van der Waals surface area contributed by atoms with E-state index >= 15 is 0 Å². The van der Waals surface area contributed by atoms with Crippen molar-refractivity contribution in [2.75, 3.05) is 0 Å². The molecule has 1 unspecified atom stereocenters. The van der Waals surface area contributed by atoms with Gasteiger partial charge in [-0.05, 0) is 75.9 Å². The Morgan fingerprint density at radius 3 is 2.40 bits per heavy atom. The van der Waals surface area contributed by atoms with Crippen LogP contribution in [0.5, 0.6) is 0 Å². The van der Waals surface area contributed by atoms with Gasteiger partial charge in [-0.15, -0.1) is 0 Å². The van der Waals surface area contributed by atoms with Crippen LogP contribution >= 0.6 is 38.5 Å². The molecular weight excluding hydrogens is 425 g/mol. The maximum atomic E-state index is 6.48. The van der Waals surface area contributed by atoms with Crippen LogP contribution in [0.2, 0.25) is 0 Å². The fourth-order valence-electron chi connectivity index (χ4n) is 2.45. The van der Waals surface area contributed by atoms with Crippen molar-refractivity contribution < 1.29 is 0 Å². The van der Waals surface area contributed by atoms with E-state index in [1.807, 2.05) is 0 Å². The molecule has 0 bridgehead atoms. The molecule has 0 heterocycles. The molecule has 0 amide bonds. The summed E-state index contributed by atoms with van der Waals surface area (Å²) in [7, 11) is 0. The lowest BCUT2D eigenvalue weighted by atomic mass is 9.94. The molecular formula is C17H19BrIN. The van der Waals surface area contributed by atoms with Crippen molar-refractivity contribution in [3.05, 3.63) is 66.7 Å². The maximum absolute atomic E-state index is 6.48. The van der Waals surface area contributed by atoms with E-state index in [1.54, 1.807) is 0 Å². The van der Waals surface area contributed by atoms with Gasteiger partial charge in [0.15, 0.2) is 0 Å². The van der Waals surface area contributed by atoms with Gasteiger partial charge in [0.1, 0.15) is 0 Å². The van der Waals surface area contributed by atoms with Gasteiger partial charge in [-0.1, -0.05) is 48.0 Å². The van der Waals surface area contributed by atoms with Gasteiger partial charge in [0.2, 0.25) is 0 Å². The summed E-state index contributed by atoms with van der Waals surface area (Å²) in [4.78, 5) is 0. The molecule has 3 heteroatoms. The molecule has 0 aliphatic rings. The second-order valence-electron chi connectivity index (χ2n) is 4.88. The van der Waals surface area contributed by atoms with E-state index in [1.165, 1.54) is 25.8 Å². The second-order valence-corrected chi connectivity index (χ2v) is 6.96. The monoisotopic (exact) mass is 443 g/mol. The molecule has 106 valence electrons. The second kappa shape index (κ2) is 7.05. The van der Waals surface area contributed by atoms with Crippen LogP contribution in [0.1, 0.15) is 42.1 Å². The summed E-state index contributed by atoms with van der Waals surface area (Å²) in [5.41, 5.74) is 11.7. The molecule has 0 fully saturated rings. The molecule has 0 aliphatic carbocycles. The molecule has 0 saturated heterocycles. The Morgan fingerprint density at radius 2 is 1.75 bits per heavy atom. The summed E-state index contributed by atoms with van der Waals surface area (Å²) in [6.07, 6.45) is 2.13. The van der Waals surface area contributed by atoms with Crippen LogP contribution in [-0.2, 0) is 12.8 Å². The number of nitrogens with two attached hydrogens (primary N) is 1. The van der Waals surface area contributed by atoms with Gasteiger partial charge in [0.25, 0.3) is 0 Å². The molecule has 2 aromatic rings. The number of benzene rings is 2. The summed E-state index contributed by atoms with van der Waals surface area (Å²) in [6.45, 7) is 4.40. The molecule has 0 aromatic heterocycles. The van der Waals surface area contributed by atoms with Gasteiger partial charge >= 0.3 is 0 Å². The van der Waals surface area contributed by atoms with Crippen LogP contribution in [0.3, 0.4) is 0 Å². The van der Waals surface area contributed by atoms with Gasteiger partial charge in [0.05, 0.1) is 6.04 Å². The van der Waals surface area contributed by atoms with E-state index in [0.717, 1.165) is 17.3 Å². The highest BCUT2D eigenvalue weighted by Gasteiger charge is 2.14. The summed E-state index contributed by atoms with van der Waals surface area (Å²) >= 11 is 5.88. The van der Waals surface area contributed by atoms with Crippen molar-refractivity contribution in [3.8, 4) is 0 Å². The number of aryl methyl sites for hydroxylation is 2. The first-order valence-corrected chi connectivity index (χ1v) is 8.76.